The third-order valence-corrected chi connectivity index (χ3v) is 4.45. The minimum absolute atomic E-state index is 0.0624. The number of carbonyl (C=O) groups is 1. The van der Waals surface area contributed by atoms with Gasteiger partial charge in [0, 0.05) is 23.5 Å². The molecule has 1 aromatic carbocycles. The van der Waals surface area contributed by atoms with E-state index in [0.29, 0.717) is 10.7 Å². The van der Waals surface area contributed by atoms with Gasteiger partial charge in [-0.15, -0.1) is 10.2 Å². The first kappa shape index (κ1) is 16.3. The molecule has 0 spiro atoms. The fraction of sp³-hybridized carbons (Fsp3) is 0.222. The first-order chi connectivity index (χ1) is 11.4. The maximum Gasteiger partial charge on any atom is 0.257 e. The van der Waals surface area contributed by atoms with Gasteiger partial charge in [0.2, 0.25) is 5.13 Å². The van der Waals surface area contributed by atoms with E-state index >= 15 is 0 Å². The van der Waals surface area contributed by atoms with Gasteiger partial charge in [-0.2, -0.15) is 0 Å². The van der Waals surface area contributed by atoms with Crippen molar-refractivity contribution in [2.24, 2.45) is 0 Å². The lowest BCUT2D eigenvalue weighted by Gasteiger charge is -2.18. The molecule has 3 rings (SSSR count). The Morgan fingerprint density at radius 2 is 1.83 bits per heavy atom. The molecular formula is C18H18N4OS. The van der Waals surface area contributed by atoms with Crippen LogP contribution < -0.4 is 5.32 Å². The van der Waals surface area contributed by atoms with E-state index in [2.05, 4.69) is 41.3 Å². The minimum atomic E-state index is -0.190. The van der Waals surface area contributed by atoms with Gasteiger partial charge in [-0.3, -0.25) is 15.1 Å². The molecule has 1 amide bonds. The number of anilines is 1. The molecule has 0 atom stereocenters. The van der Waals surface area contributed by atoms with E-state index in [-0.39, 0.29) is 11.3 Å². The van der Waals surface area contributed by atoms with Crippen LogP contribution in [0.2, 0.25) is 0 Å². The van der Waals surface area contributed by atoms with Crippen molar-refractivity contribution in [3.63, 3.8) is 0 Å². The van der Waals surface area contributed by atoms with Gasteiger partial charge in [-0.25, -0.2) is 0 Å². The number of nitrogens with zero attached hydrogens (tertiary/aromatic N) is 3. The first-order valence-corrected chi connectivity index (χ1v) is 8.41. The summed E-state index contributed by atoms with van der Waals surface area (Å²) >= 11 is 1.32. The van der Waals surface area contributed by atoms with Crippen molar-refractivity contribution in [1.29, 1.82) is 0 Å². The molecule has 3 aromatic rings. The van der Waals surface area contributed by atoms with Gasteiger partial charge >= 0.3 is 0 Å². The molecule has 5 nitrogen and oxygen atoms in total. The topological polar surface area (TPSA) is 67.8 Å². The molecule has 0 bridgehead atoms. The minimum Gasteiger partial charge on any atom is -0.296 e. The Hall–Kier alpha value is -2.60. The molecule has 122 valence electrons. The molecule has 0 unspecified atom stereocenters. The second kappa shape index (κ2) is 6.49. The normalized spacial score (nSPS) is 11.3. The van der Waals surface area contributed by atoms with Crippen LogP contribution in [0.3, 0.4) is 0 Å². The number of benzene rings is 1. The molecule has 1 N–H and O–H groups in total. The molecule has 0 saturated carbocycles. The predicted molar refractivity (Wildman–Crippen MR) is 96.2 cm³/mol. The summed E-state index contributed by atoms with van der Waals surface area (Å²) in [7, 11) is 0. The van der Waals surface area contributed by atoms with E-state index in [1.54, 1.807) is 12.4 Å². The van der Waals surface area contributed by atoms with Crippen LogP contribution in [0.1, 0.15) is 36.7 Å². The highest BCUT2D eigenvalue weighted by atomic mass is 32.1. The molecular weight excluding hydrogens is 320 g/mol. The highest BCUT2D eigenvalue weighted by Crippen LogP contribution is 2.26. The van der Waals surface area contributed by atoms with Crippen molar-refractivity contribution in [1.82, 2.24) is 15.2 Å². The van der Waals surface area contributed by atoms with E-state index < -0.39 is 0 Å². The monoisotopic (exact) mass is 338 g/mol. The van der Waals surface area contributed by atoms with Crippen LogP contribution in [0, 0.1) is 0 Å². The standard InChI is InChI=1S/C18H18N4OS/c1-18(2,3)14-8-6-12(7-9-14)15(23)20-17-22-21-16(24-17)13-5-4-10-19-11-13/h4-11H,1-3H3,(H,20,22,23). The highest BCUT2D eigenvalue weighted by molar-refractivity contribution is 7.18. The highest BCUT2D eigenvalue weighted by Gasteiger charge is 2.15. The Balaban J connectivity index is 1.72. The Morgan fingerprint density at radius 3 is 2.46 bits per heavy atom. The Kier molecular flexibility index (Phi) is 4.40. The second-order valence-corrected chi connectivity index (χ2v) is 7.41. The van der Waals surface area contributed by atoms with Gasteiger partial charge in [-0.1, -0.05) is 44.2 Å². The summed E-state index contributed by atoms with van der Waals surface area (Å²) in [6.45, 7) is 6.43. The quantitative estimate of drug-likeness (QED) is 0.779. The van der Waals surface area contributed by atoms with Crippen LogP contribution in [0.4, 0.5) is 5.13 Å². The number of amides is 1. The number of hydrogen-bond acceptors (Lipinski definition) is 5. The van der Waals surface area contributed by atoms with Crippen LogP contribution >= 0.6 is 11.3 Å². The smallest absolute Gasteiger partial charge is 0.257 e. The van der Waals surface area contributed by atoms with Crippen molar-refractivity contribution in [3.05, 3.63) is 59.9 Å². The van der Waals surface area contributed by atoms with Gasteiger partial charge in [0.05, 0.1) is 0 Å². The summed E-state index contributed by atoms with van der Waals surface area (Å²) in [6.07, 6.45) is 3.42. The first-order valence-electron chi connectivity index (χ1n) is 7.59. The number of rotatable bonds is 3. The fourth-order valence-corrected chi connectivity index (χ4v) is 2.90. The Bertz CT molecular complexity index is 835. The van der Waals surface area contributed by atoms with E-state index in [1.165, 1.54) is 16.9 Å². The summed E-state index contributed by atoms with van der Waals surface area (Å²) in [5, 5.41) is 12.1. The zero-order valence-corrected chi connectivity index (χ0v) is 14.6. The largest absolute Gasteiger partial charge is 0.296 e. The number of pyridine rings is 1. The van der Waals surface area contributed by atoms with Crippen LogP contribution in [0.5, 0.6) is 0 Å². The lowest BCUT2D eigenvalue weighted by atomic mass is 9.87. The number of hydrogen-bond donors (Lipinski definition) is 1. The molecule has 0 saturated heterocycles. The van der Waals surface area contributed by atoms with Gasteiger partial charge in [-0.05, 0) is 35.2 Å². The SMILES string of the molecule is CC(C)(C)c1ccc(C(=O)Nc2nnc(-c3cccnc3)s2)cc1. The Labute approximate surface area is 144 Å². The maximum absolute atomic E-state index is 12.3. The zero-order chi connectivity index (χ0) is 17.2. The summed E-state index contributed by atoms with van der Waals surface area (Å²) in [5.74, 6) is -0.190. The van der Waals surface area contributed by atoms with E-state index in [1.807, 2.05) is 36.4 Å². The fourth-order valence-electron chi connectivity index (χ4n) is 2.17. The summed E-state index contributed by atoms with van der Waals surface area (Å²) in [6, 6.07) is 11.4. The van der Waals surface area contributed by atoms with Crippen LogP contribution in [-0.4, -0.2) is 21.1 Å². The van der Waals surface area contributed by atoms with Crippen LogP contribution in [-0.2, 0) is 5.41 Å². The molecule has 2 aromatic heterocycles. The molecule has 0 aliphatic heterocycles. The summed E-state index contributed by atoms with van der Waals surface area (Å²) < 4.78 is 0. The zero-order valence-electron chi connectivity index (χ0n) is 13.8. The molecule has 6 heteroatoms. The van der Waals surface area contributed by atoms with Gasteiger partial charge in [0.15, 0.2) is 5.01 Å². The van der Waals surface area contributed by atoms with Crippen molar-refractivity contribution in [2.75, 3.05) is 5.32 Å². The van der Waals surface area contributed by atoms with E-state index in [9.17, 15) is 4.79 Å². The third-order valence-electron chi connectivity index (χ3n) is 3.57. The second-order valence-electron chi connectivity index (χ2n) is 6.44. The molecule has 0 aliphatic carbocycles. The average Bonchev–Trinajstić information content (AvgIpc) is 3.03. The van der Waals surface area contributed by atoms with Crippen molar-refractivity contribution < 1.29 is 4.79 Å². The summed E-state index contributed by atoms with van der Waals surface area (Å²) in [4.78, 5) is 16.4. The van der Waals surface area contributed by atoms with Crippen molar-refractivity contribution >= 4 is 22.4 Å². The van der Waals surface area contributed by atoms with Crippen molar-refractivity contribution in [2.45, 2.75) is 26.2 Å². The summed E-state index contributed by atoms with van der Waals surface area (Å²) in [5.41, 5.74) is 2.73. The van der Waals surface area contributed by atoms with Crippen LogP contribution in [0.25, 0.3) is 10.6 Å². The average molecular weight is 338 g/mol. The molecule has 24 heavy (non-hydrogen) atoms. The van der Waals surface area contributed by atoms with Crippen LogP contribution in [0.15, 0.2) is 48.8 Å². The molecule has 0 radical (unpaired) electrons. The molecule has 0 fully saturated rings. The van der Waals surface area contributed by atoms with Gasteiger partial charge in [0.1, 0.15) is 0 Å². The third kappa shape index (κ3) is 3.65. The number of carbonyl (C=O) groups excluding carboxylic acids is 1. The van der Waals surface area contributed by atoms with Crippen molar-refractivity contribution in [3.8, 4) is 10.6 Å². The lowest BCUT2D eigenvalue weighted by molar-refractivity contribution is 0.102. The number of nitrogens with one attached hydrogen (secondary N) is 1. The van der Waals surface area contributed by atoms with Gasteiger partial charge < -0.3 is 0 Å². The predicted octanol–water partition coefficient (Wildman–Crippen LogP) is 4.15. The molecule has 0 aliphatic rings. The van der Waals surface area contributed by atoms with E-state index in [0.717, 1.165) is 10.6 Å². The molecule has 2 heterocycles. The Morgan fingerprint density at radius 1 is 1.08 bits per heavy atom. The van der Waals surface area contributed by atoms with E-state index in [4.69, 9.17) is 0 Å². The number of aromatic nitrogens is 3. The maximum atomic E-state index is 12.3. The lowest BCUT2D eigenvalue weighted by Crippen LogP contribution is -2.14. The van der Waals surface area contributed by atoms with Gasteiger partial charge in [0.25, 0.3) is 5.91 Å².